The predicted molar refractivity (Wildman–Crippen MR) is 152 cm³/mol. The summed E-state index contributed by atoms with van der Waals surface area (Å²) in [6, 6.07) is 8.99. The molecule has 0 saturated heterocycles. The molecule has 2 heterocycles. The number of anilines is 1. The number of aryl methyl sites for hydroxylation is 2. The van der Waals surface area contributed by atoms with Crippen molar-refractivity contribution in [2.45, 2.75) is 58.6 Å². The fourth-order valence-electron chi connectivity index (χ4n) is 5.79. The molecule has 1 N–H and O–H groups in total. The molecule has 1 aliphatic rings. The van der Waals surface area contributed by atoms with Crippen LogP contribution in [0.25, 0.3) is 16.9 Å². The topological polar surface area (TPSA) is 50.2 Å². The van der Waals surface area contributed by atoms with E-state index < -0.39 is 35.1 Å². The second-order valence-electron chi connectivity index (χ2n) is 10.7. The molecule has 5 rings (SSSR count). The lowest BCUT2D eigenvalue weighted by Gasteiger charge is -2.28. The summed E-state index contributed by atoms with van der Waals surface area (Å²) >= 11 is 0. The van der Waals surface area contributed by atoms with Gasteiger partial charge < -0.3 is 5.32 Å². The molecule has 0 fully saturated rings. The number of benzene rings is 3. The molecule has 45 heavy (non-hydrogen) atoms. The molecule has 1 aliphatic heterocycles. The first-order valence-corrected chi connectivity index (χ1v) is 14.2. The second-order valence-corrected chi connectivity index (χ2v) is 10.7. The van der Waals surface area contributed by atoms with E-state index in [2.05, 4.69) is 5.32 Å². The van der Waals surface area contributed by atoms with Crippen LogP contribution >= 0.6 is 0 Å². The first kappa shape index (κ1) is 32.1. The van der Waals surface area contributed by atoms with Crippen molar-refractivity contribution in [2.75, 3.05) is 11.9 Å². The third-order valence-electron chi connectivity index (χ3n) is 7.95. The second kappa shape index (κ2) is 12.3. The van der Waals surface area contributed by atoms with Gasteiger partial charge in [-0.05, 0) is 47.7 Å². The third kappa shape index (κ3) is 6.31. The Balaban J connectivity index is 1.65. The number of hydrogen-bond donors (Lipinski definition) is 1. The minimum Gasteiger partial charge on any atom is -0.326 e. The van der Waals surface area contributed by atoms with Gasteiger partial charge in [0.05, 0.1) is 33.9 Å². The van der Waals surface area contributed by atoms with Crippen molar-refractivity contribution in [3.8, 4) is 16.9 Å². The Morgan fingerprint density at radius 3 is 2.18 bits per heavy atom. The number of aromatic nitrogens is 2. The molecule has 0 bridgehead atoms. The highest BCUT2D eigenvalue weighted by Gasteiger charge is 2.39. The van der Waals surface area contributed by atoms with E-state index in [4.69, 9.17) is 5.10 Å². The highest BCUT2D eigenvalue weighted by atomic mass is 19.4. The third-order valence-corrected chi connectivity index (χ3v) is 7.95. The van der Waals surface area contributed by atoms with Gasteiger partial charge in [-0.1, -0.05) is 38.1 Å². The standard InChI is InChI=1S/C32H28F8N4O/c1-3-18-6-5-7-19(4-2)29(18)44-30(22-13-26(34)28(41-17-45)14-25(22)33)23-16-43(11-10-27(23)42-44)15-20-8-9-21(31(35,36)37)12-24(20)32(38,39)40/h5-9,12-14,17H,3-4,10-11,15-16H2,1-2H3,(H,41,45). The Morgan fingerprint density at radius 2 is 1.58 bits per heavy atom. The van der Waals surface area contributed by atoms with Gasteiger partial charge >= 0.3 is 12.4 Å². The number of amides is 1. The molecule has 0 unspecified atom stereocenters. The fraction of sp³-hybridized carbons (Fsp3) is 0.312. The number of alkyl halides is 6. The van der Waals surface area contributed by atoms with Crippen LogP contribution in [-0.4, -0.2) is 27.6 Å². The molecule has 3 aromatic carbocycles. The number of nitrogens with one attached hydrogen (secondary N) is 1. The first-order chi connectivity index (χ1) is 21.3. The van der Waals surface area contributed by atoms with Gasteiger partial charge in [-0.15, -0.1) is 0 Å². The molecular formula is C32H28F8N4O. The molecule has 1 aromatic heterocycles. The van der Waals surface area contributed by atoms with Crippen LogP contribution in [0, 0.1) is 11.6 Å². The van der Waals surface area contributed by atoms with Crippen molar-refractivity contribution in [3.05, 3.63) is 99.2 Å². The van der Waals surface area contributed by atoms with E-state index in [-0.39, 0.29) is 61.0 Å². The summed E-state index contributed by atoms with van der Waals surface area (Å²) in [6.07, 6.45) is -8.36. The van der Waals surface area contributed by atoms with Crippen molar-refractivity contribution >= 4 is 12.1 Å². The average Bonchev–Trinajstić information content (AvgIpc) is 3.35. The molecule has 0 spiro atoms. The first-order valence-electron chi connectivity index (χ1n) is 14.2. The number of hydrogen-bond acceptors (Lipinski definition) is 3. The molecule has 4 aromatic rings. The van der Waals surface area contributed by atoms with Crippen LogP contribution in [0.4, 0.5) is 40.8 Å². The number of carbonyl (C=O) groups excluding carboxylic acids is 1. The van der Waals surface area contributed by atoms with E-state index >= 15 is 8.78 Å². The van der Waals surface area contributed by atoms with E-state index in [0.717, 1.165) is 29.3 Å². The maximum Gasteiger partial charge on any atom is 0.416 e. The van der Waals surface area contributed by atoms with E-state index in [1.807, 2.05) is 32.0 Å². The number of rotatable bonds is 8. The highest BCUT2D eigenvalue weighted by Crippen LogP contribution is 2.40. The van der Waals surface area contributed by atoms with E-state index in [1.165, 1.54) is 0 Å². The van der Waals surface area contributed by atoms with Crippen LogP contribution in [0.2, 0.25) is 0 Å². The molecular weight excluding hydrogens is 608 g/mol. The SMILES string of the molecule is CCc1cccc(CC)c1-n1nc2c(c1-c1cc(F)c(NC=O)cc1F)CN(Cc1ccc(C(F)(F)F)cc1C(F)(F)F)CC2. The van der Waals surface area contributed by atoms with Gasteiger partial charge in [-0.25, -0.2) is 13.5 Å². The summed E-state index contributed by atoms with van der Waals surface area (Å²) in [7, 11) is 0. The maximum absolute atomic E-state index is 15.7. The Labute approximate surface area is 253 Å². The molecule has 0 atom stereocenters. The van der Waals surface area contributed by atoms with Gasteiger partial charge in [-0.2, -0.15) is 31.4 Å². The van der Waals surface area contributed by atoms with Gasteiger partial charge in [0.2, 0.25) is 6.41 Å². The normalized spacial score (nSPS) is 14.0. The van der Waals surface area contributed by atoms with Crippen molar-refractivity contribution in [2.24, 2.45) is 0 Å². The summed E-state index contributed by atoms with van der Waals surface area (Å²) in [5, 5.41) is 6.92. The molecule has 0 saturated carbocycles. The van der Waals surface area contributed by atoms with E-state index in [1.54, 1.807) is 9.58 Å². The molecule has 0 aliphatic carbocycles. The minimum atomic E-state index is -5.04. The van der Waals surface area contributed by atoms with Crippen LogP contribution in [-0.2, 0) is 49.5 Å². The quantitative estimate of drug-likeness (QED) is 0.157. The van der Waals surface area contributed by atoms with Gasteiger partial charge in [0.1, 0.15) is 11.6 Å². The zero-order chi connectivity index (χ0) is 32.7. The molecule has 13 heteroatoms. The zero-order valence-electron chi connectivity index (χ0n) is 24.2. The van der Waals surface area contributed by atoms with Crippen molar-refractivity contribution in [3.63, 3.8) is 0 Å². The molecule has 0 radical (unpaired) electrons. The molecule has 238 valence electrons. The lowest BCUT2D eigenvalue weighted by molar-refractivity contribution is -0.143. The summed E-state index contributed by atoms with van der Waals surface area (Å²) < 4.78 is 114. The minimum absolute atomic E-state index is 0.0336. The Kier molecular flexibility index (Phi) is 8.76. The number of para-hydroxylation sites is 1. The average molecular weight is 637 g/mol. The number of halogens is 8. The van der Waals surface area contributed by atoms with Crippen LogP contribution in [0.15, 0.2) is 48.5 Å². The van der Waals surface area contributed by atoms with Crippen LogP contribution in [0.1, 0.15) is 52.9 Å². The summed E-state index contributed by atoms with van der Waals surface area (Å²) in [5.41, 5.74) is -0.0757. The van der Waals surface area contributed by atoms with Gasteiger partial charge in [-0.3, -0.25) is 9.69 Å². The van der Waals surface area contributed by atoms with Gasteiger partial charge in [0.25, 0.3) is 0 Å². The van der Waals surface area contributed by atoms with Crippen LogP contribution in [0.5, 0.6) is 0 Å². The lowest BCUT2D eigenvalue weighted by atomic mass is 9.97. The largest absolute Gasteiger partial charge is 0.416 e. The highest BCUT2D eigenvalue weighted by molar-refractivity contribution is 5.76. The Hall–Kier alpha value is -4.26. The van der Waals surface area contributed by atoms with Crippen molar-refractivity contribution in [1.29, 1.82) is 0 Å². The van der Waals surface area contributed by atoms with Crippen molar-refractivity contribution in [1.82, 2.24) is 14.7 Å². The van der Waals surface area contributed by atoms with E-state index in [0.29, 0.717) is 35.9 Å². The summed E-state index contributed by atoms with van der Waals surface area (Å²) in [5.74, 6) is -1.78. The molecule has 5 nitrogen and oxygen atoms in total. The maximum atomic E-state index is 15.7. The monoisotopic (exact) mass is 636 g/mol. The fourth-order valence-corrected chi connectivity index (χ4v) is 5.79. The summed E-state index contributed by atoms with van der Waals surface area (Å²) in [4.78, 5) is 12.5. The Bertz CT molecular complexity index is 1720. The molecule has 1 amide bonds. The summed E-state index contributed by atoms with van der Waals surface area (Å²) in [6.45, 7) is 3.71. The zero-order valence-corrected chi connectivity index (χ0v) is 24.2. The number of fused-ring (bicyclic) bond motifs is 1. The lowest BCUT2D eigenvalue weighted by Crippen LogP contribution is -2.31. The van der Waals surface area contributed by atoms with Gasteiger partial charge in [0, 0.05) is 43.2 Å². The number of carbonyl (C=O) groups is 1. The van der Waals surface area contributed by atoms with Crippen LogP contribution < -0.4 is 5.32 Å². The predicted octanol–water partition coefficient (Wildman–Crippen LogP) is 8.11. The van der Waals surface area contributed by atoms with Gasteiger partial charge in [0.15, 0.2) is 0 Å². The van der Waals surface area contributed by atoms with E-state index in [9.17, 15) is 31.1 Å². The van der Waals surface area contributed by atoms with Crippen LogP contribution in [0.3, 0.4) is 0 Å². The van der Waals surface area contributed by atoms with Crippen molar-refractivity contribution < 1.29 is 39.9 Å². The number of nitrogens with zero attached hydrogens (tertiary/aromatic N) is 3. The smallest absolute Gasteiger partial charge is 0.326 e. The Morgan fingerprint density at radius 1 is 0.889 bits per heavy atom.